The van der Waals surface area contributed by atoms with E-state index in [1.54, 1.807) is 23.1 Å². The van der Waals surface area contributed by atoms with Crippen molar-refractivity contribution in [1.29, 1.82) is 0 Å². The van der Waals surface area contributed by atoms with E-state index in [0.717, 1.165) is 35.4 Å². The van der Waals surface area contributed by atoms with Crippen LogP contribution in [0.2, 0.25) is 0 Å². The molecule has 0 aromatic carbocycles. The highest BCUT2D eigenvalue weighted by atomic mass is 32.2. The van der Waals surface area contributed by atoms with Crippen molar-refractivity contribution in [2.24, 2.45) is 0 Å². The molecule has 96 valence electrons. The van der Waals surface area contributed by atoms with Crippen LogP contribution < -0.4 is 5.32 Å². The summed E-state index contributed by atoms with van der Waals surface area (Å²) in [7, 11) is 0. The Morgan fingerprint density at radius 3 is 2.72 bits per heavy atom. The zero-order valence-corrected chi connectivity index (χ0v) is 12.3. The Hall–Kier alpha value is -0.910. The lowest BCUT2D eigenvalue weighted by Gasteiger charge is -2.04. The molecule has 0 aliphatic rings. The van der Waals surface area contributed by atoms with Crippen LogP contribution in [0.3, 0.4) is 0 Å². The maximum absolute atomic E-state index is 4.41. The van der Waals surface area contributed by atoms with E-state index in [1.165, 1.54) is 4.88 Å². The van der Waals surface area contributed by atoms with Crippen molar-refractivity contribution in [3.8, 4) is 0 Å². The summed E-state index contributed by atoms with van der Waals surface area (Å²) in [6.07, 6.45) is 0. The predicted octanol–water partition coefficient (Wildman–Crippen LogP) is 3.04. The molecule has 1 N–H and O–H groups in total. The lowest BCUT2D eigenvalue weighted by Crippen LogP contribution is -2.15. The Bertz CT molecular complexity index is 463. The molecule has 0 fully saturated rings. The summed E-state index contributed by atoms with van der Waals surface area (Å²) >= 11 is 3.49. The van der Waals surface area contributed by atoms with Crippen LogP contribution in [0, 0.1) is 13.8 Å². The molecule has 0 amide bonds. The number of aryl methyl sites for hydroxylation is 2. The second kappa shape index (κ2) is 6.87. The molecule has 2 aromatic rings. The van der Waals surface area contributed by atoms with Crippen LogP contribution in [0.5, 0.6) is 0 Å². The van der Waals surface area contributed by atoms with Gasteiger partial charge in [0.2, 0.25) is 0 Å². The van der Waals surface area contributed by atoms with Gasteiger partial charge in [-0.1, -0.05) is 17.8 Å². The molecule has 2 aromatic heterocycles. The fraction of sp³-hybridized carbons (Fsp3) is 0.385. The van der Waals surface area contributed by atoms with Crippen molar-refractivity contribution < 1.29 is 0 Å². The molecule has 2 heterocycles. The van der Waals surface area contributed by atoms with Gasteiger partial charge in [0.1, 0.15) is 0 Å². The second-order valence-corrected chi connectivity index (χ2v) is 6.13. The van der Waals surface area contributed by atoms with E-state index in [0.29, 0.717) is 0 Å². The zero-order valence-electron chi connectivity index (χ0n) is 10.6. The summed E-state index contributed by atoms with van der Waals surface area (Å²) < 4.78 is 0. The Morgan fingerprint density at radius 2 is 2.06 bits per heavy atom. The average molecular weight is 279 g/mol. The Balaban J connectivity index is 1.68. The second-order valence-electron chi connectivity index (χ2n) is 4.04. The summed E-state index contributed by atoms with van der Waals surface area (Å²) in [4.78, 5) is 10.2. The molecule has 3 nitrogen and oxygen atoms in total. The van der Waals surface area contributed by atoms with Gasteiger partial charge in [0.15, 0.2) is 5.16 Å². The highest BCUT2D eigenvalue weighted by molar-refractivity contribution is 7.99. The van der Waals surface area contributed by atoms with Gasteiger partial charge in [-0.15, -0.1) is 11.3 Å². The van der Waals surface area contributed by atoms with Crippen molar-refractivity contribution in [3.63, 3.8) is 0 Å². The fourth-order valence-electron chi connectivity index (χ4n) is 1.60. The minimum Gasteiger partial charge on any atom is -0.311 e. The number of nitrogens with zero attached hydrogens (tertiary/aromatic N) is 2. The van der Waals surface area contributed by atoms with Crippen LogP contribution in [-0.4, -0.2) is 22.3 Å². The molecule has 2 rings (SSSR count). The standard InChI is InChI=1S/C13H17N3S2/c1-10-8-11(2)16-13(15-10)18-7-5-14-9-12-4-3-6-17-12/h3-4,6,8,14H,5,7,9H2,1-2H3. The van der Waals surface area contributed by atoms with Crippen molar-refractivity contribution in [3.05, 3.63) is 39.8 Å². The third kappa shape index (κ3) is 4.40. The van der Waals surface area contributed by atoms with Crippen molar-refractivity contribution >= 4 is 23.1 Å². The summed E-state index contributed by atoms with van der Waals surface area (Å²) in [5.41, 5.74) is 2.08. The number of aromatic nitrogens is 2. The third-order valence-electron chi connectivity index (χ3n) is 2.35. The van der Waals surface area contributed by atoms with Crippen molar-refractivity contribution in [2.75, 3.05) is 12.3 Å². The SMILES string of the molecule is Cc1cc(C)nc(SCCNCc2cccs2)n1. The van der Waals surface area contributed by atoms with Crippen molar-refractivity contribution in [2.45, 2.75) is 25.5 Å². The Kier molecular flexibility index (Phi) is 5.16. The van der Waals surface area contributed by atoms with Crippen LogP contribution in [0.25, 0.3) is 0 Å². The summed E-state index contributed by atoms with van der Waals surface area (Å²) in [5, 5.41) is 6.41. The number of nitrogens with one attached hydrogen (secondary N) is 1. The molecule has 0 aliphatic heterocycles. The molecule has 5 heteroatoms. The third-order valence-corrected chi connectivity index (χ3v) is 4.08. The molecule has 0 bridgehead atoms. The van der Waals surface area contributed by atoms with Gasteiger partial charge in [0, 0.05) is 35.1 Å². The first-order valence-corrected chi connectivity index (χ1v) is 7.79. The number of hydrogen-bond donors (Lipinski definition) is 1. The van der Waals surface area contributed by atoms with E-state index >= 15 is 0 Å². The normalized spacial score (nSPS) is 10.8. The Morgan fingerprint density at radius 1 is 1.28 bits per heavy atom. The first-order chi connectivity index (χ1) is 8.74. The van der Waals surface area contributed by atoms with E-state index in [4.69, 9.17) is 0 Å². The molecule has 0 unspecified atom stereocenters. The molecule has 0 saturated heterocycles. The lowest BCUT2D eigenvalue weighted by atomic mass is 10.4. The maximum Gasteiger partial charge on any atom is 0.188 e. The Labute approximate surface area is 116 Å². The van der Waals surface area contributed by atoms with Gasteiger partial charge in [-0.2, -0.15) is 0 Å². The van der Waals surface area contributed by atoms with E-state index in [2.05, 4.69) is 32.8 Å². The summed E-state index contributed by atoms with van der Waals surface area (Å²) in [6, 6.07) is 6.23. The molecule has 18 heavy (non-hydrogen) atoms. The number of thiophene rings is 1. The minimum atomic E-state index is 0.880. The van der Waals surface area contributed by atoms with Crippen LogP contribution in [0.15, 0.2) is 28.7 Å². The predicted molar refractivity (Wildman–Crippen MR) is 78.3 cm³/mol. The van der Waals surface area contributed by atoms with Crippen LogP contribution in [0.1, 0.15) is 16.3 Å². The quantitative estimate of drug-likeness (QED) is 0.501. The van der Waals surface area contributed by atoms with Gasteiger partial charge in [-0.3, -0.25) is 0 Å². The van der Waals surface area contributed by atoms with Gasteiger partial charge in [-0.25, -0.2) is 9.97 Å². The van der Waals surface area contributed by atoms with Gasteiger partial charge < -0.3 is 5.32 Å². The summed E-state index contributed by atoms with van der Waals surface area (Å²) in [6.45, 7) is 5.94. The van der Waals surface area contributed by atoms with Crippen LogP contribution >= 0.6 is 23.1 Å². The number of rotatable bonds is 6. The lowest BCUT2D eigenvalue weighted by molar-refractivity contribution is 0.739. The minimum absolute atomic E-state index is 0.880. The van der Waals surface area contributed by atoms with E-state index < -0.39 is 0 Å². The molecular weight excluding hydrogens is 262 g/mol. The van der Waals surface area contributed by atoms with Crippen molar-refractivity contribution in [1.82, 2.24) is 15.3 Å². The monoisotopic (exact) mass is 279 g/mol. The largest absolute Gasteiger partial charge is 0.311 e. The van der Waals surface area contributed by atoms with Gasteiger partial charge in [-0.05, 0) is 31.4 Å². The van der Waals surface area contributed by atoms with E-state index in [-0.39, 0.29) is 0 Å². The molecule has 0 radical (unpaired) electrons. The highest BCUT2D eigenvalue weighted by Gasteiger charge is 2.00. The zero-order chi connectivity index (χ0) is 12.8. The van der Waals surface area contributed by atoms with Crippen LogP contribution in [-0.2, 0) is 6.54 Å². The maximum atomic E-state index is 4.41. The summed E-state index contributed by atoms with van der Waals surface area (Å²) in [5.74, 6) is 0.994. The average Bonchev–Trinajstić information content (AvgIpc) is 2.80. The first-order valence-electron chi connectivity index (χ1n) is 5.92. The molecule has 0 atom stereocenters. The van der Waals surface area contributed by atoms with Gasteiger partial charge in [0.05, 0.1) is 0 Å². The smallest absolute Gasteiger partial charge is 0.188 e. The van der Waals surface area contributed by atoms with Gasteiger partial charge >= 0.3 is 0 Å². The van der Waals surface area contributed by atoms with Crippen LogP contribution in [0.4, 0.5) is 0 Å². The van der Waals surface area contributed by atoms with E-state index in [1.807, 2.05) is 19.9 Å². The van der Waals surface area contributed by atoms with Gasteiger partial charge in [0.25, 0.3) is 0 Å². The number of thioether (sulfide) groups is 1. The highest BCUT2D eigenvalue weighted by Crippen LogP contribution is 2.13. The molecule has 0 spiro atoms. The number of hydrogen-bond acceptors (Lipinski definition) is 5. The molecular formula is C13H17N3S2. The molecule has 0 aliphatic carbocycles. The van der Waals surface area contributed by atoms with E-state index in [9.17, 15) is 0 Å². The topological polar surface area (TPSA) is 37.8 Å². The fourth-order valence-corrected chi connectivity index (χ4v) is 3.12. The first kappa shape index (κ1) is 13.5. The molecule has 0 saturated carbocycles.